The van der Waals surface area contributed by atoms with Crippen LogP contribution in [0.1, 0.15) is 5.56 Å². The molecule has 1 aromatic heterocycles. The maximum Gasteiger partial charge on any atom is 0.129 e. The second-order valence-electron chi connectivity index (χ2n) is 6.25. The van der Waals surface area contributed by atoms with Crippen molar-refractivity contribution in [1.29, 1.82) is 0 Å². The largest absolute Gasteiger partial charge is 0.354 e. The molecule has 1 fully saturated rings. The topological polar surface area (TPSA) is 19.4 Å². The van der Waals surface area contributed by atoms with E-state index in [2.05, 4.69) is 34.1 Å². The first-order valence-corrected chi connectivity index (χ1v) is 8.35. The highest BCUT2D eigenvalue weighted by atomic mass is 19.1. The van der Waals surface area contributed by atoms with Gasteiger partial charge in [0.15, 0.2) is 0 Å². The predicted molar refractivity (Wildman–Crippen MR) is 95.6 cm³/mol. The molecule has 2 heterocycles. The van der Waals surface area contributed by atoms with Gasteiger partial charge < -0.3 is 4.90 Å². The lowest BCUT2D eigenvalue weighted by molar-refractivity contribution is 0.249. The van der Waals surface area contributed by atoms with Crippen molar-refractivity contribution in [3.8, 4) is 0 Å². The van der Waals surface area contributed by atoms with Crippen LogP contribution in [0.4, 0.5) is 10.2 Å². The fraction of sp³-hybridized carbons (Fsp3) is 0.250. The molecule has 1 aliphatic rings. The molecule has 0 N–H and O–H groups in total. The van der Waals surface area contributed by atoms with Gasteiger partial charge in [-0.2, -0.15) is 0 Å². The summed E-state index contributed by atoms with van der Waals surface area (Å²) in [5.74, 6) is 0.876. The first kappa shape index (κ1) is 15.1. The van der Waals surface area contributed by atoms with Crippen LogP contribution < -0.4 is 4.90 Å². The Kier molecular flexibility index (Phi) is 4.13. The average molecular weight is 321 g/mol. The van der Waals surface area contributed by atoms with Crippen LogP contribution in [-0.2, 0) is 6.54 Å². The maximum atomic E-state index is 13.0. The molecule has 3 aromatic rings. The molecule has 0 atom stereocenters. The molecule has 0 amide bonds. The number of hydrogen-bond donors (Lipinski definition) is 0. The minimum atomic E-state index is -0.175. The third-order valence-corrected chi connectivity index (χ3v) is 4.60. The van der Waals surface area contributed by atoms with Gasteiger partial charge in [0, 0.05) is 38.1 Å². The molecule has 0 radical (unpaired) electrons. The zero-order valence-electron chi connectivity index (χ0n) is 13.5. The maximum absolute atomic E-state index is 13.0. The van der Waals surface area contributed by atoms with Gasteiger partial charge in [-0.1, -0.05) is 30.3 Å². The minimum Gasteiger partial charge on any atom is -0.354 e. The lowest BCUT2D eigenvalue weighted by atomic mass is 10.2. The number of anilines is 1. The zero-order valence-corrected chi connectivity index (χ0v) is 13.5. The number of rotatable bonds is 3. The van der Waals surface area contributed by atoms with E-state index in [1.54, 1.807) is 0 Å². The van der Waals surface area contributed by atoms with Crippen LogP contribution in [0.5, 0.6) is 0 Å². The summed E-state index contributed by atoms with van der Waals surface area (Å²) in [5, 5.41) is 1.18. The van der Waals surface area contributed by atoms with Gasteiger partial charge in [-0.25, -0.2) is 9.37 Å². The second kappa shape index (κ2) is 6.57. The Morgan fingerprint density at radius 2 is 1.58 bits per heavy atom. The summed E-state index contributed by atoms with van der Waals surface area (Å²) in [5.41, 5.74) is 2.21. The van der Waals surface area contributed by atoms with Crippen molar-refractivity contribution < 1.29 is 4.39 Å². The number of benzene rings is 2. The lowest BCUT2D eigenvalue weighted by Gasteiger charge is -2.35. The Morgan fingerprint density at radius 1 is 0.833 bits per heavy atom. The Morgan fingerprint density at radius 3 is 2.38 bits per heavy atom. The first-order chi connectivity index (χ1) is 11.8. The fourth-order valence-corrected chi connectivity index (χ4v) is 3.21. The number of hydrogen-bond acceptors (Lipinski definition) is 3. The highest BCUT2D eigenvalue weighted by Crippen LogP contribution is 2.19. The van der Waals surface area contributed by atoms with Crippen molar-refractivity contribution in [3.05, 3.63) is 72.0 Å². The Labute approximate surface area is 141 Å². The summed E-state index contributed by atoms with van der Waals surface area (Å²) in [7, 11) is 0. The molecule has 122 valence electrons. The molecule has 0 bridgehead atoms. The van der Waals surface area contributed by atoms with Crippen molar-refractivity contribution in [2.45, 2.75) is 6.54 Å². The molecule has 3 nitrogen and oxygen atoms in total. The van der Waals surface area contributed by atoms with Gasteiger partial charge in [0.2, 0.25) is 0 Å². The molecular weight excluding hydrogens is 301 g/mol. The number of nitrogens with zero attached hydrogens (tertiary/aromatic N) is 3. The van der Waals surface area contributed by atoms with Crippen LogP contribution in [0.25, 0.3) is 10.9 Å². The smallest absolute Gasteiger partial charge is 0.129 e. The van der Waals surface area contributed by atoms with Crippen molar-refractivity contribution in [2.24, 2.45) is 0 Å². The summed E-state index contributed by atoms with van der Waals surface area (Å²) in [6.45, 7) is 4.79. The quantitative estimate of drug-likeness (QED) is 0.733. The standard InChI is InChI=1S/C20H20FN3/c21-18-8-5-16(6-9-18)15-23-11-13-24(14-12-23)20-10-7-17-3-1-2-4-19(17)22-20/h1-10H,11-15H2. The van der Waals surface area contributed by atoms with Crippen LogP contribution in [0, 0.1) is 5.82 Å². The molecule has 24 heavy (non-hydrogen) atoms. The van der Waals surface area contributed by atoms with E-state index in [0.29, 0.717) is 0 Å². The number of halogens is 1. The Bertz CT molecular complexity index is 824. The lowest BCUT2D eigenvalue weighted by Crippen LogP contribution is -2.46. The summed E-state index contributed by atoms with van der Waals surface area (Å²) >= 11 is 0. The molecule has 2 aromatic carbocycles. The van der Waals surface area contributed by atoms with Gasteiger partial charge in [-0.05, 0) is 35.9 Å². The minimum absolute atomic E-state index is 0.175. The number of piperazine rings is 1. The van der Waals surface area contributed by atoms with Crippen LogP contribution in [0.2, 0.25) is 0 Å². The number of pyridine rings is 1. The summed E-state index contributed by atoms with van der Waals surface area (Å²) in [6, 6.07) is 19.3. The Balaban J connectivity index is 1.40. The highest BCUT2D eigenvalue weighted by molar-refractivity contribution is 5.80. The van der Waals surface area contributed by atoms with Crippen LogP contribution >= 0.6 is 0 Å². The second-order valence-corrected chi connectivity index (χ2v) is 6.25. The molecule has 4 heteroatoms. The van der Waals surface area contributed by atoms with Gasteiger partial charge >= 0.3 is 0 Å². The highest BCUT2D eigenvalue weighted by Gasteiger charge is 2.18. The van der Waals surface area contributed by atoms with E-state index < -0.39 is 0 Å². The first-order valence-electron chi connectivity index (χ1n) is 8.35. The van der Waals surface area contributed by atoms with Crippen LogP contribution in [0.15, 0.2) is 60.7 Å². The monoisotopic (exact) mass is 321 g/mol. The predicted octanol–water partition coefficient (Wildman–Crippen LogP) is 3.70. The van der Waals surface area contributed by atoms with E-state index >= 15 is 0 Å². The molecule has 0 saturated carbocycles. The van der Waals surface area contributed by atoms with Crippen molar-refractivity contribution in [1.82, 2.24) is 9.88 Å². The third kappa shape index (κ3) is 3.24. The van der Waals surface area contributed by atoms with Gasteiger partial charge in [0.05, 0.1) is 5.52 Å². The van der Waals surface area contributed by atoms with E-state index in [1.165, 1.54) is 17.5 Å². The van der Waals surface area contributed by atoms with E-state index in [9.17, 15) is 4.39 Å². The van der Waals surface area contributed by atoms with E-state index in [4.69, 9.17) is 4.98 Å². The molecule has 0 spiro atoms. The molecule has 1 aliphatic heterocycles. The van der Waals surface area contributed by atoms with Gasteiger partial charge in [-0.3, -0.25) is 4.90 Å². The van der Waals surface area contributed by atoms with Crippen molar-refractivity contribution >= 4 is 16.7 Å². The van der Waals surface area contributed by atoms with Gasteiger partial charge in [0.25, 0.3) is 0 Å². The van der Waals surface area contributed by atoms with Crippen LogP contribution in [0.3, 0.4) is 0 Å². The van der Waals surface area contributed by atoms with Gasteiger partial charge in [0.1, 0.15) is 11.6 Å². The summed E-state index contributed by atoms with van der Waals surface area (Å²) < 4.78 is 13.0. The van der Waals surface area contributed by atoms with Gasteiger partial charge in [-0.15, -0.1) is 0 Å². The number of para-hydroxylation sites is 1. The summed E-state index contributed by atoms with van der Waals surface area (Å²) in [4.78, 5) is 9.53. The average Bonchev–Trinajstić information content (AvgIpc) is 2.64. The number of fused-ring (bicyclic) bond motifs is 1. The SMILES string of the molecule is Fc1ccc(CN2CCN(c3ccc4ccccc4n3)CC2)cc1. The summed E-state index contributed by atoms with van der Waals surface area (Å²) in [6.07, 6.45) is 0. The number of aromatic nitrogens is 1. The fourth-order valence-electron chi connectivity index (χ4n) is 3.21. The van der Waals surface area contributed by atoms with Crippen molar-refractivity contribution in [2.75, 3.05) is 31.1 Å². The zero-order chi connectivity index (χ0) is 16.4. The normalized spacial score (nSPS) is 15.8. The third-order valence-electron chi connectivity index (χ3n) is 4.60. The van der Waals surface area contributed by atoms with E-state index in [-0.39, 0.29) is 5.82 Å². The van der Waals surface area contributed by atoms with E-state index in [0.717, 1.165) is 49.6 Å². The van der Waals surface area contributed by atoms with Crippen LogP contribution in [-0.4, -0.2) is 36.1 Å². The van der Waals surface area contributed by atoms with Crippen molar-refractivity contribution in [3.63, 3.8) is 0 Å². The molecule has 4 rings (SSSR count). The molecule has 1 saturated heterocycles. The molecule has 0 aliphatic carbocycles. The van der Waals surface area contributed by atoms with E-state index in [1.807, 2.05) is 24.3 Å². The Hall–Kier alpha value is -2.46. The molecular formula is C20H20FN3. The molecule has 0 unspecified atom stereocenters.